The zero-order chi connectivity index (χ0) is 7.72. The lowest BCUT2D eigenvalue weighted by Gasteiger charge is -2.00. The Labute approximate surface area is 74.8 Å². The van der Waals surface area contributed by atoms with Crippen LogP contribution in [-0.4, -0.2) is 10.2 Å². The third kappa shape index (κ3) is 1.27. The molecule has 0 atom stereocenters. The molecule has 0 heterocycles. The lowest BCUT2D eigenvalue weighted by Crippen LogP contribution is -1.72. The topological polar surface area (TPSA) is 40.5 Å². The van der Waals surface area contributed by atoms with E-state index in [2.05, 4.69) is 31.9 Å². The average Bonchev–Trinajstić information content (AvgIpc) is 1.93. The molecule has 0 saturated carbocycles. The van der Waals surface area contributed by atoms with E-state index in [9.17, 15) is 0 Å². The Morgan fingerprint density at radius 3 is 2.20 bits per heavy atom. The van der Waals surface area contributed by atoms with E-state index in [-0.39, 0.29) is 11.5 Å². The highest BCUT2D eigenvalue weighted by molar-refractivity contribution is 9.13. The van der Waals surface area contributed by atoms with Gasteiger partial charge in [-0.25, -0.2) is 0 Å². The second-order valence-corrected chi connectivity index (χ2v) is 3.38. The van der Waals surface area contributed by atoms with Crippen LogP contribution in [0.2, 0.25) is 0 Å². The molecule has 1 rings (SSSR count). The molecule has 0 bridgehead atoms. The first-order chi connectivity index (χ1) is 4.63. The van der Waals surface area contributed by atoms with Gasteiger partial charge in [0.05, 0.1) is 4.47 Å². The zero-order valence-electron chi connectivity index (χ0n) is 4.81. The first kappa shape index (κ1) is 7.88. The van der Waals surface area contributed by atoms with Crippen molar-refractivity contribution in [2.24, 2.45) is 0 Å². The smallest absolute Gasteiger partial charge is 0.173 e. The minimum atomic E-state index is -0.144. The standard InChI is InChI=1S/C6H4Br2O2/c7-3-1-2-4(9)6(10)5(3)8/h1-2,9-10H. The molecule has 1 aromatic carbocycles. The van der Waals surface area contributed by atoms with Gasteiger partial charge in [-0.1, -0.05) is 0 Å². The number of phenols is 2. The van der Waals surface area contributed by atoms with Crippen LogP contribution < -0.4 is 0 Å². The van der Waals surface area contributed by atoms with Crippen molar-refractivity contribution in [1.29, 1.82) is 0 Å². The maximum absolute atomic E-state index is 9.06. The van der Waals surface area contributed by atoms with Crippen LogP contribution in [0.15, 0.2) is 21.1 Å². The van der Waals surface area contributed by atoms with Gasteiger partial charge in [-0.05, 0) is 44.0 Å². The minimum absolute atomic E-state index is 0.130. The van der Waals surface area contributed by atoms with Crippen LogP contribution in [0.25, 0.3) is 0 Å². The van der Waals surface area contributed by atoms with E-state index in [4.69, 9.17) is 10.2 Å². The van der Waals surface area contributed by atoms with E-state index >= 15 is 0 Å². The Kier molecular flexibility index (Phi) is 2.21. The van der Waals surface area contributed by atoms with E-state index in [1.807, 2.05) is 0 Å². The molecule has 0 spiro atoms. The van der Waals surface area contributed by atoms with Gasteiger partial charge in [0.15, 0.2) is 11.5 Å². The molecule has 0 fully saturated rings. The Bertz CT molecular complexity index is 233. The van der Waals surface area contributed by atoms with E-state index in [0.29, 0.717) is 8.95 Å². The molecule has 10 heavy (non-hydrogen) atoms. The van der Waals surface area contributed by atoms with Crippen molar-refractivity contribution in [1.82, 2.24) is 0 Å². The number of hydrogen-bond donors (Lipinski definition) is 2. The van der Waals surface area contributed by atoms with Crippen molar-refractivity contribution in [3.05, 3.63) is 21.1 Å². The summed E-state index contributed by atoms with van der Waals surface area (Å²) in [6, 6.07) is 3.04. The first-order valence-electron chi connectivity index (χ1n) is 2.49. The molecule has 0 aliphatic heterocycles. The molecule has 0 aliphatic carbocycles. The molecule has 0 amide bonds. The fourth-order valence-electron chi connectivity index (χ4n) is 0.530. The zero-order valence-corrected chi connectivity index (χ0v) is 7.98. The highest BCUT2D eigenvalue weighted by Gasteiger charge is 2.05. The highest BCUT2D eigenvalue weighted by Crippen LogP contribution is 2.37. The van der Waals surface area contributed by atoms with Crippen molar-refractivity contribution in [3.63, 3.8) is 0 Å². The number of benzene rings is 1. The average molecular weight is 268 g/mol. The molecule has 1 aromatic rings. The molecule has 4 heteroatoms. The number of halogens is 2. The quantitative estimate of drug-likeness (QED) is 0.710. The van der Waals surface area contributed by atoms with Gasteiger partial charge in [0, 0.05) is 4.47 Å². The van der Waals surface area contributed by atoms with Gasteiger partial charge in [-0.2, -0.15) is 0 Å². The van der Waals surface area contributed by atoms with E-state index in [1.54, 1.807) is 6.07 Å². The van der Waals surface area contributed by atoms with Gasteiger partial charge in [0.2, 0.25) is 0 Å². The molecule has 0 aromatic heterocycles. The molecular formula is C6H4Br2O2. The van der Waals surface area contributed by atoms with Gasteiger partial charge in [-0.3, -0.25) is 0 Å². The van der Waals surface area contributed by atoms with Gasteiger partial charge in [-0.15, -0.1) is 0 Å². The third-order valence-corrected chi connectivity index (χ3v) is 3.04. The monoisotopic (exact) mass is 266 g/mol. The normalized spacial score (nSPS) is 9.80. The van der Waals surface area contributed by atoms with Gasteiger partial charge in [0.1, 0.15) is 0 Å². The van der Waals surface area contributed by atoms with Crippen molar-refractivity contribution in [2.45, 2.75) is 0 Å². The molecule has 0 saturated heterocycles. The van der Waals surface area contributed by atoms with Crippen LogP contribution in [0.3, 0.4) is 0 Å². The number of phenolic OH excluding ortho intramolecular Hbond substituents is 2. The second kappa shape index (κ2) is 2.80. The predicted octanol–water partition coefficient (Wildman–Crippen LogP) is 2.62. The van der Waals surface area contributed by atoms with Gasteiger partial charge in [0.25, 0.3) is 0 Å². The minimum Gasteiger partial charge on any atom is -0.504 e. The van der Waals surface area contributed by atoms with Crippen molar-refractivity contribution in [2.75, 3.05) is 0 Å². The summed E-state index contributed by atoms with van der Waals surface area (Å²) >= 11 is 6.24. The SMILES string of the molecule is Oc1ccc(Br)c(Br)c1O. The van der Waals surface area contributed by atoms with Crippen LogP contribution in [0.1, 0.15) is 0 Å². The largest absolute Gasteiger partial charge is 0.504 e. The second-order valence-electron chi connectivity index (χ2n) is 1.73. The number of rotatable bonds is 0. The summed E-state index contributed by atoms with van der Waals surface area (Å²) in [5.74, 6) is -0.274. The molecule has 0 aliphatic rings. The maximum atomic E-state index is 9.06. The summed E-state index contributed by atoms with van der Waals surface area (Å²) in [7, 11) is 0. The van der Waals surface area contributed by atoms with Crippen LogP contribution in [0.4, 0.5) is 0 Å². The summed E-state index contributed by atoms with van der Waals surface area (Å²) in [4.78, 5) is 0. The van der Waals surface area contributed by atoms with E-state index in [1.165, 1.54) is 6.07 Å². The summed E-state index contributed by atoms with van der Waals surface area (Å²) in [5, 5.41) is 18.0. The highest BCUT2D eigenvalue weighted by atomic mass is 79.9. The summed E-state index contributed by atoms with van der Waals surface area (Å²) in [5.41, 5.74) is 0. The summed E-state index contributed by atoms with van der Waals surface area (Å²) in [6.45, 7) is 0. The molecule has 0 radical (unpaired) electrons. The van der Waals surface area contributed by atoms with Crippen LogP contribution in [-0.2, 0) is 0 Å². The van der Waals surface area contributed by atoms with Gasteiger partial charge < -0.3 is 10.2 Å². The Hall–Kier alpha value is -0.220. The van der Waals surface area contributed by atoms with Crippen molar-refractivity contribution >= 4 is 31.9 Å². The van der Waals surface area contributed by atoms with Crippen LogP contribution in [0.5, 0.6) is 11.5 Å². The predicted molar refractivity (Wildman–Crippen MR) is 45.2 cm³/mol. The summed E-state index contributed by atoms with van der Waals surface area (Å²) < 4.78 is 1.18. The maximum Gasteiger partial charge on any atom is 0.173 e. The lowest BCUT2D eigenvalue weighted by molar-refractivity contribution is 0.401. The number of aromatic hydroxyl groups is 2. The van der Waals surface area contributed by atoms with Crippen molar-refractivity contribution < 1.29 is 10.2 Å². The van der Waals surface area contributed by atoms with Crippen LogP contribution in [0, 0.1) is 0 Å². The first-order valence-corrected chi connectivity index (χ1v) is 4.07. The molecule has 54 valence electrons. The van der Waals surface area contributed by atoms with Gasteiger partial charge >= 0.3 is 0 Å². The van der Waals surface area contributed by atoms with Crippen molar-refractivity contribution in [3.8, 4) is 11.5 Å². The third-order valence-electron chi connectivity index (χ3n) is 1.05. The Morgan fingerprint density at radius 1 is 1.10 bits per heavy atom. The molecule has 2 nitrogen and oxygen atoms in total. The summed E-state index contributed by atoms with van der Waals surface area (Å²) in [6.07, 6.45) is 0. The van der Waals surface area contributed by atoms with E-state index in [0.717, 1.165) is 0 Å². The number of hydrogen-bond acceptors (Lipinski definition) is 2. The lowest BCUT2D eigenvalue weighted by atomic mass is 10.3. The molecule has 2 N–H and O–H groups in total. The molecular weight excluding hydrogens is 264 g/mol. The fraction of sp³-hybridized carbons (Fsp3) is 0. The molecule has 0 unspecified atom stereocenters. The fourth-order valence-corrected chi connectivity index (χ4v) is 1.18. The van der Waals surface area contributed by atoms with E-state index < -0.39 is 0 Å². The Morgan fingerprint density at radius 2 is 1.70 bits per heavy atom. The van der Waals surface area contributed by atoms with Crippen LogP contribution >= 0.6 is 31.9 Å². The Balaban J connectivity index is 3.34.